The van der Waals surface area contributed by atoms with Crippen molar-refractivity contribution in [2.24, 2.45) is 0 Å². The maximum atomic E-state index is 12.6. The van der Waals surface area contributed by atoms with Crippen molar-refractivity contribution in [1.82, 2.24) is 14.5 Å². The van der Waals surface area contributed by atoms with Crippen LogP contribution in [-0.2, 0) is 10.0 Å². The monoisotopic (exact) mass is 486 g/mol. The molecule has 34 heavy (non-hydrogen) atoms. The van der Waals surface area contributed by atoms with Crippen molar-refractivity contribution < 1.29 is 13.2 Å². The Morgan fingerprint density at radius 3 is 2.26 bits per heavy atom. The van der Waals surface area contributed by atoms with Gasteiger partial charge in [-0.3, -0.25) is 9.69 Å². The largest absolute Gasteiger partial charge is 0.369 e. The minimum Gasteiger partial charge on any atom is -0.369 e. The molecule has 8 heteroatoms. The first-order valence-corrected chi connectivity index (χ1v) is 13.8. The van der Waals surface area contributed by atoms with Gasteiger partial charge >= 0.3 is 0 Å². The van der Waals surface area contributed by atoms with Crippen molar-refractivity contribution in [3.63, 3.8) is 0 Å². The van der Waals surface area contributed by atoms with E-state index in [1.807, 2.05) is 13.8 Å². The van der Waals surface area contributed by atoms with Crippen LogP contribution in [0.25, 0.3) is 0 Å². The molecule has 1 N–H and O–H groups in total. The quantitative estimate of drug-likeness (QED) is 0.493. The van der Waals surface area contributed by atoms with Crippen molar-refractivity contribution in [3.05, 3.63) is 59.7 Å². The number of hydrogen-bond donors (Lipinski definition) is 1. The molecular weight excluding hydrogens is 448 g/mol. The lowest BCUT2D eigenvalue weighted by atomic mass is 10.2. The summed E-state index contributed by atoms with van der Waals surface area (Å²) in [7, 11) is -3.58. The first-order valence-electron chi connectivity index (χ1n) is 12.3. The van der Waals surface area contributed by atoms with Crippen LogP contribution >= 0.6 is 0 Å². The van der Waals surface area contributed by atoms with Crippen LogP contribution in [-0.4, -0.2) is 76.5 Å². The fraction of sp³-hybridized carbons (Fsp3) is 0.500. The average Bonchev–Trinajstić information content (AvgIpc) is 2.85. The zero-order valence-corrected chi connectivity index (χ0v) is 21.5. The molecule has 0 saturated carbocycles. The molecule has 1 fully saturated rings. The predicted octanol–water partition coefficient (Wildman–Crippen LogP) is 3.36. The van der Waals surface area contributed by atoms with Gasteiger partial charge in [-0.2, -0.15) is 0 Å². The molecule has 3 rings (SSSR count). The molecule has 1 heterocycles. The van der Waals surface area contributed by atoms with Gasteiger partial charge in [0, 0.05) is 57.1 Å². The molecule has 0 aromatic heterocycles. The number of nitrogens with zero attached hydrogens (tertiary/aromatic N) is 3. The number of rotatable bonds is 11. The van der Waals surface area contributed by atoms with E-state index in [1.165, 1.54) is 23.4 Å². The first-order chi connectivity index (χ1) is 16.3. The fourth-order valence-electron chi connectivity index (χ4n) is 4.27. The third kappa shape index (κ3) is 7.04. The summed E-state index contributed by atoms with van der Waals surface area (Å²) in [6.45, 7) is 12.7. The van der Waals surface area contributed by atoms with Crippen LogP contribution in [0, 0.1) is 6.92 Å². The van der Waals surface area contributed by atoms with Crippen LogP contribution in [0.1, 0.15) is 42.6 Å². The number of anilines is 1. The van der Waals surface area contributed by atoms with E-state index in [2.05, 4.69) is 45.7 Å². The van der Waals surface area contributed by atoms with Crippen molar-refractivity contribution >= 4 is 21.6 Å². The van der Waals surface area contributed by atoms with Crippen molar-refractivity contribution in [2.45, 2.75) is 38.5 Å². The Bertz CT molecular complexity index is 1030. The smallest absolute Gasteiger partial charge is 0.253 e. The van der Waals surface area contributed by atoms with Gasteiger partial charge in [-0.25, -0.2) is 13.1 Å². The molecule has 1 aliphatic heterocycles. The summed E-state index contributed by atoms with van der Waals surface area (Å²) < 4.78 is 27.9. The minimum atomic E-state index is -3.58. The summed E-state index contributed by atoms with van der Waals surface area (Å²) in [5.41, 5.74) is 3.08. The molecule has 2 aromatic rings. The number of carbonyl (C=O) groups is 1. The Hall–Kier alpha value is -2.42. The molecule has 0 aliphatic carbocycles. The maximum absolute atomic E-state index is 12.6. The van der Waals surface area contributed by atoms with E-state index in [-0.39, 0.29) is 10.8 Å². The normalized spacial score (nSPS) is 14.9. The molecule has 7 nitrogen and oxygen atoms in total. The zero-order valence-electron chi connectivity index (χ0n) is 20.7. The molecule has 1 amide bonds. The Morgan fingerprint density at radius 1 is 0.971 bits per heavy atom. The summed E-state index contributed by atoms with van der Waals surface area (Å²) in [5.74, 6) is -0.0818. The molecule has 0 unspecified atom stereocenters. The SMILES string of the molecule is CCN(CC)C(=O)c1ccc(S(=O)(=O)NCCCCN2CCN(c3cccc(C)c3)CC2)cc1. The van der Waals surface area contributed by atoms with E-state index < -0.39 is 10.0 Å². The Kier molecular flexibility index (Phi) is 9.50. The lowest BCUT2D eigenvalue weighted by molar-refractivity contribution is 0.0773. The standard InChI is InChI=1S/C26H38N4O3S/c1-4-29(5-2)26(31)23-11-13-25(14-12-23)34(32,33)27-15-6-7-16-28-17-19-30(20-18-28)24-10-8-9-22(3)21-24/h8-14,21,27H,4-7,15-20H2,1-3H3. The van der Waals surface area contributed by atoms with Crippen LogP contribution in [0.3, 0.4) is 0 Å². The number of sulfonamides is 1. The molecule has 0 atom stereocenters. The topological polar surface area (TPSA) is 73.0 Å². The fourth-order valence-corrected chi connectivity index (χ4v) is 5.35. The van der Waals surface area contributed by atoms with Crippen molar-refractivity contribution in [1.29, 1.82) is 0 Å². The van der Waals surface area contributed by atoms with E-state index in [4.69, 9.17) is 0 Å². The molecular formula is C26H38N4O3S. The summed E-state index contributed by atoms with van der Waals surface area (Å²) in [6, 6.07) is 14.8. The average molecular weight is 487 g/mol. The number of unbranched alkanes of at least 4 members (excludes halogenated alkanes) is 1. The number of amides is 1. The van der Waals surface area contributed by atoms with Gasteiger partial charge < -0.3 is 9.80 Å². The highest BCUT2D eigenvalue weighted by Gasteiger charge is 2.18. The summed E-state index contributed by atoms with van der Waals surface area (Å²) >= 11 is 0. The number of benzene rings is 2. The second-order valence-corrected chi connectivity index (χ2v) is 10.5. The van der Waals surface area contributed by atoms with Crippen LogP contribution in [0.15, 0.2) is 53.4 Å². The van der Waals surface area contributed by atoms with Gasteiger partial charge in [0.05, 0.1) is 4.90 Å². The molecule has 186 valence electrons. The highest BCUT2D eigenvalue weighted by molar-refractivity contribution is 7.89. The van der Waals surface area contributed by atoms with E-state index in [1.54, 1.807) is 17.0 Å². The third-order valence-corrected chi connectivity index (χ3v) is 7.87. The molecule has 1 saturated heterocycles. The van der Waals surface area contributed by atoms with E-state index in [0.717, 1.165) is 45.6 Å². The van der Waals surface area contributed by atoms with Gasteiger partial charge in [0.1, 0.15) is 0 Å². The molecule has 0 spiro atoms. The lowest BCUT2D eigenvalue weighted by Gasteiger charge is -2.36. The van der Waals surface area contributed by atoms with Gasteiger partial charge in [-0.1, -0.05) is 12.1 Å². The number of aryl methyl sites for hydroxylation is 1. The van der Waals surface area contributed by atoms with Crippen LogP contribution in [0.4, 0.5) is 5.69 Å². The summed E-state index contributed by atoms with van der Waals surface area (Å²) in [5, 5.41) is 0. The second kappa shape index (κ2) is 12.3. The predicted molar refractivity (Wildman–Crippen MR) is 138 cm³/mol. The minimum absolute atomic E-state index is 0.0818. The number of nitrogens with one attached hydrogen (secondary N) is 1. The zero-order chi connectivity index (χ0) is 24.6. The van der Waals surface area contributed by atoms with Crippen molar-refractivity contribution in [2.75, 3.05) is 57.3 Å². The Morgan fingerprint density at radius 2 is 1.65 bits per heavy atom. The maximum Gasteiger partial charge on any atom is 0.253 e. The van der Waals surface area contributed by atoms with E-state index >= 15 is 0 Å². The Balaban J connectivity index is 1.38. The molecule has 0 bridgehead atoms. The molecule has 1 aliphatic rings. The van der Waals surface area contributed by atoms with E-state index in [0.29, 0.717) is 25.2 Å². The third-order valence-electron chi connectivity index (χ3n) is 6.39. The van der Waals surface area contributed by atoms with Crippen LogP contribution < -0.4 is 9.62 Å². The van der Waals surface area contributed by atoms with Gasteiger partial charge in [-0.05, 0) is 82.1 Å². The second-order valence-electron chi connectivity index (χ2n) is 8.77. The highest BCUT2D eigenvalue weighted by atomic mass is 32.2. The number of carbonyl (C=O) groups excluding carboxylic acids is 1. The lowest BCUT2D eigenvalue weighted by Crippen LogP contribution is -2.46. The van der Waals surface area contributed by atoms with Gasteiger partial charge in [0.15, 0.2) is 0 Å². The number of hydrogen-bond acceptors (Lipinski definition) is 5. The van der Waals surface area contributed by atoms with Gasteiger partial charge in [-0.15, -0.1) is 0 Å². The summed E-state index contributed by atoms with van der Waals surface area (Å²) in [4.78, 5) is 19.2. The van der Waals surface area contributed by atoms with Crippen LogP contribution in [0.2, 0.25) is 0 Å². The van der Waals surface area contributed by atoms with Crippen LogP contribution in [0.5, 0.6) is 0 Å². The first kappa shape index (κ1) is 26.2. The molecule has 2 aromatic carbocycles. The van der Waals surface area contributed by atoms with E-state index in [9.17, 15) is 13.2 Å². The van der Waals surface area contributed by atoms with Gasteiger partial charge in [0.25, 0.3) is 5.91 Å². The van der Waals surface area contributed by atoms with Crippen molar-refractivity contribution in [3.8, 4) is 0 Å². The highest BCUT2D eigenvalue weighted by Crippen LogP contribution is 2.18. The Labute approximate surface area is 204 Å². The summed E-state index contributed by atoms with van der Waals surface area (Å²) in [6.07, 6.45) is 1.74. The number of piperazine rings is 1. The molecule has 0 radical (unpaired) electrons. The van der Waals surface area contributed by atoms with Gasteiger partial charge in [0.2, 0.25) is 10.0 Å².